The van der Waals surface area contributed by atoms with Crippen molar-refractivity contribution in [1.29, 1.82) is 0 Å². The fraction of sp³-hybridized carbons (Fsp3) is 0.394. The zero-order chi connectivity index (χ0) is 29.0. The number of pyridine rings is 1. The molecule has 0 unspecified atom stereocenters. The fourth-order valence-corrected chi connectivity index (χ4v) is 5.22. The standard InChI is InChI=1S/C33H40N4O4/c1-3-24-15-19-27(20-16-24)37(31(39)14-9-13-30(38)36-29-12-7-8-23-34-29)32(25-17-21-28(41-2)22-18-25)33(40)35-26-10-5-4-6-11-26/h7-8,12,15-23,26,32H,3-6,9-11,13-14H2,1-2H3,(H,35,40)(H,34,36,38)/t32-/m1/s1. The van der Waals surface area contributed by atoms with Crippen molar-refractivity contribution < 1.29 is 19.1 Å². The maximum Gasteiger partial charge on any atom is 0.248 e. The topological polar surface area (TPSA) is 101 Å². The van der Waals surface area contributed by atoms with Crippen LogP contribution in [0.5, 0.6) is 5.75 Å². The van der Waals surface area contributed by atoms with Gasteiger partial charge in [0.25, 0.3) is 0 Å². The first-order chi connectivity index (χ1) is 20.0. The van der Waals surface area contributed by atoms with Crippen molar-refractivity contribution >= 4 is 29.2 Å². The highest BCUT2D eigenvalue weighted by molar-refractivity contribution is 6.01. The van der Waals surface area contributed by atoms with E-state index in [9.17, 15) is 14.4 Å². The molecule has 2 N–H and O–H groups in total. The Kier molecular flexibility index (Phi) is 10.9. The molecule has 1 aromatic heterocycles. The van der Waals surface area contributed by atoms with E-state index in [1.54, 1.807) is 48.5 Å². The molecule has 0 bridgehead atoms. The summed E-state index contributed by atoms with van der Waals surface area (Å²) in [7, 11) is 1.59. The van der Waals surface area contributed by atoms with Gasteiger partial charge in [-0.2, -0.15) is 0 Å². The molecule has 3 amide bonds. The first-order valence-corrected chi connectivity index (χ1v) is 14.5. The zero-order valence-corrected chi connectivity index (χ0v) is 24.0. The Morgan fingerprint density at radius 1 is 0.951 bits per heavy atom. The van der Waals surface area contributed by atoms with E-state index in [1.807, 2.05) is 36.4 Å². The second kappa shape index (κ2) is 15.0. The molecule has 3 aromatic rings. The molecule has 1 heterocycles. The van der Waals surface area contributed by atoms with Gasteiger partial charge in [-0.25, -0.2) is 4.98 Å². The molecule has 4 rings (SSSR count). The van der Waals surface area contributed by atoms with Crippen LogP contribution < -0.4 is 20.3 Å². The third-order valence-corrected chi connectivity index (χ3v) is 7.51. The third-order valence-electron chi connectivity index (χ3n) is 7.51. The largest absolute Gasteiger partial charge is 0.497 e. The van der Waals surface area contributed by atoms with Crippen LogP contribution in [-0.2, 0) is 20.8 Å². The van der Waals surface area contributed by atoms with Crippen LogP contribution in [0.2, 0.25) is 0 Å². The maximum absolute atomic E-state index is 14.0. The van der Waals surface area contributed by atoms with Gasteiger partial charge in [0.1, 0.15) is 17.6 Å². The molecular weight excluding hydrogens is 516 g/mol. The fourth-order valence-electron chi connectivity index (χ4n) is 5.22. The second-order valence-electron chi connectivity index (χ2n) is 10.4. The average molecular weight is 557 g/mol. The van der Waals surface area contributed by atoms with Crippen molar-refractivity contribution in [1.82, 2.24) is 10.3 Å². The number of carbonyl (C=O) groups excluding carboxylic acids is 3. The molecule has 1 atom stereocenters. The number of carbonyl (C=O) groups is 3. The van der Waals surface area contributed by atoms with E-state index in [0.29, 0.717) is 29.2 Å². The van der Waals surface area contributed by atoms with Gasteiger partial charge in [-0.05, 0) is 73.2 Å². The summed E-state index contributed by atoms with van der Waals surface area (Å²) < 4.78 is 5.34. The molecule has 0 saturated heterocycles. The molecule has 0 spiro atoms. The van der Waals surface area contributed by atoms with Gasteiger partial charge in [-0.3, -0.25) is 19.3 Å². The molecule has 8 heteroatoms. The Balaban J connectivity index is 1.59. The lowest BCUT2D eigenvalue weighted by Gasteiger charge is -2.33. The molecule has 2 aromatic carbocycles. The van der Waals surface area contributed by atoms with Crippen LogP contribution in [0.3, 0.4) is 0 Å². The van der Waals surface area contributed by atoms with Crippen molar-refractivity contribution in [3.63, 3.8) is 0 Å². The van der Waals surface area contributed by atoms with Gasteiger partial charge in [-0.15, -0.1) is 0 Å². The van der Waals surface area contributed by atoms with Crippen molar-refractivity contribution in [2.24, 2.45) is 0 Å². The summed E-state index contributed by atoms with van der Waals surface area (Å²) >= 11 is 0. The number of amides is 3. The first kappa shape index (κ1) is 29.8. The number of methoxy groups -OCH3 is 1. The summed E-state index contributed by atoms with van der Waals surface area (Å²) in [6, 6.07) is 19.6. The number of nitrogens with one attached hydrogen (secondary N) is 2. The number of aromatic nitrogens is 1. The van der Waals surface area contributed by atoms with Gasteiger partial charge in [0.2, 0.25) is 17.7 Å². The normalized spacial score (nSPS) is 14.1. The molecule has 0 aliphatic heterocycles. The highest BCUT2D eigenvalue weighted by atomic mass is 16.5. The molecule has 0 radical (unpaired) electrons. The lowest BCUT2D eigenvalue weighted by Crippen LogP contribution is -2.47. The molecule has 1 aliphatic rings. The summed E-state index contributed by atoms with van der Waals surface area (Å²) in [5.41, 5.74) is 2.48. The van der Waals surface area contributed by atoms with Crippen LogP contribution in [0.25, 0.3) is 0 Å². The molecule has 8 nitrogen and oxygen atoms in total. The van der Waals surface area contributed by atoms with Crippen molar-refractivity contribution in [2.75, 3.05) is 17.3 Å². The summed E-state index contributed by atoms with van der Waals surface area (Å²) in [5.74, 6) is 0.504. The van der Waals surface area contributed by atoms with E-state index in [0.717, 1.165) is 37.7 Å². The predicted octanol–water partition coefficient (Wildman–Crippen LogP) is 5.98. The summed E-state index contributed by atoms with van der Waals surface area (Å²) in [4.78, 5) is 46.1. The lowest BCUT2D eigenvalue weighted by atomic mass is 9.94. The van der Waals surface area contributed by atoms with Crippen molar-refractivity contribution in [2.45, 2.75) is 76.8 Å². The summed E-state index contributed by atoms with van der Waals surface area (Å²) in [6.07, 6.45) is 8.29. The molecular formula is C33H40N4O4. The van der Waals surface area contributed by atoms with E-state index >= 15 is 0 Å². The average Bonchev–Trinajstić information content (AvgIpc) is 3.01. The van der Waals surface area contributed by atoms with Crippen LogP contribution in [0.4, 0.5) is 11.5 Å². The van der Waals surface area contributed by atoms with Gasteiger partial charge in [0.15, 0.2) is 0 Å². The number of nitrogens with zero attached hydrogens (tertiary/aromatic N) is 2. The Morgan fingerprint density at radius 3 is 2.32 bits per heavy atom. The number of anilines is 2. The molecule has 41 heavy (non-hydrogen) atoms. The Hall–Kier alpha value is -4.20. The van der Waals surface area contributed by atoms with Gasteiger partial charge < -0.3 is 15.4 Å². The lowest BCUT2D eigenvalue weighted by molar-refractivity contribution is -0.127. The SMILES string of the molecule is CCc1ccc(N(C(=O)CCCC(=O)Nc2ccccn2)[C@@H](C(=O)NC2CCCCC2)c2ccc(OC)cc2)cc1. The molecule has 1 aliphatic carbocycles. The molecule has 216 valence electrons. The monoisotopic (exact) mass is 556 g/mol. The van der Waals surface area contributed by atoms with E-state index < -0.39 is 6.04 Å². The summed E-state index contributed by atoms with van der Waals surface area (Å²) in [5, 5.41) is 6.00. The minimum atomic E-state index is -0.870. The van der Waals surface area contributed by atoms with Gasteiger partial charge in [0, 0.05) is 30.8 Å². The minimum Gasteiger partial charge on any atom is -0.497 e. The smallest absolute Gasteiger partial charge is 0.248 e. The van der Waals surface area contributed by atoms with Crippen LogP contribution in [0.1, 0.15) is 75.5 Å². The maximum atomic E-state index is 14.0. The number of benzene rings is 2. The highest BCUT2D eigenvalue weighted by Gasteiger charge is 2.34. The van der Waals surface area contributed by atoms with Crippen LogP contribution in [0, 0.1) is 0 Å². The Morgan fingerprint density at radius 2 is 1.68 bits per heavy atom. The molecule has 1 saturated carbocycles. The third kappa shape index (κ3) is 8.39. The zero-order valence-electron chi connectivity index (χ0n) is 24.0. The quantitative estimate of drug-likeness (QED) is 0.286. The highest BCUT2D eigenvalue weighted by Crippen LogP contribution is 2.31. The Bertz CT molecular complexity index is 1270. The number of aryl methyl sites for hydroxylation is 1. The van der Waals surface area contributed by atoms with E-state index in [1.165, 1.54) is 6.42 Å². The van der Waals surface area contributed by atoms with Crippen LogP contribution in [-0.4, -0.2) is 35.9 Å². The van der Waals surface area contributed by atoms with Gasteiger partial charge in [-0.1, -0.05) is 56.5 Å². The van der Waals surface area contributed by atoms with Crippen molar-refractivity contribution in [3.05, 3.63) is 84.1 Å². The second-order valence-corrected chi connectivity index (χ2v) is 10.4. The number of hydrogen-bond acceptors (Lipinski definition) is 5. The number of ether oxygens (including phenoxy) is 1. The van der Waals surface area contributed by atoms with E-state index in [-0.39, 0.29) is 36.6 Å². The van der Waals surface area contributed by atoms with E-state index in [2.05, 4.69) is 22.5 Å². The number of hydrogen-bond donors (Lipinski definition) is 2. The predicted molar refractivity (Wildman–Crippen MR) is 161 cm³/mol. The van der Waals surface area contributed by atoms with Gasteiger partial charge in [0.05, 0.1) is 7.11 Å². The Labute approximate surface area is 242 Å². The van der Waals surface area contributed by atoms with Crippen LogP contribution >= 0.6 is 0 Å². The van der Waals surface area contributed by atoms with Crippen molar-refractivity contribution in [3.8, 4) is 5.75 Å². The minimum absolute atomic E-state index is 0.0895. The van der Waals surface area contributed by atoms with Crippen LogP contribution in [0.15, 0.2) is 72.9 Å². The molecule has 1 fully saturated rings. The van der Waals surface area contributed by atoms with E-state index in [4.69, 9.17) is 4.74 Å². The first-order valence-electron chi connectivity index (χ1n) is 14.5. The number of rotatable bonds is 12. The van der Waals surface area contributed by atoms with Gasteiger partial charge >= 0.3 is 0 Å². The summed E-state index contributed by atoms with van der Waals surface area (Å²) in [6.45, 7) is 2.08.